The molecule has 0 aromatic heterocycles. The van der Waals surface area contributed by atoms with Crippen molar-refractivity contribution in [2.75, 3.05) is 0 Å². The van der Waals surface area contributed by atoms with Gasteiger partial charge in [0.1, 0.15) is 0 Å². The highest BCUT2D eigenvalue weighted by atomic mass is 35.6. The first-order valence-electron chi connectivity index (χ1n) is 2.36. The van der Waals surface area contributed by atoms with Gasteiger partial charge in [-0.25, -0.2) is 0 Å². The van der Waals surface area contributed by atoms with Gasteiger partial charge in [-0.2, -0.15) is 11.1 Å². The fraction of sp³-hybridized carbons (Fsp3) is 0.600. The standard InChI is InChI=1S/C5H10ClSi/c1-3-4-5-7(2)6/h3H,1,4-5H2,2H3. The Balaban J connectivity index is 2.81. The van der Waals surface area contributed by atoms with Gasteiger partial charge in [0.2, 0.25) is 0 Å². The Morgan fingerprint density at radius 2 is 2.43 bits per heavy atom. The van der Waals surface area contributed by atoms with Crippen molar-refractivity contribution in [2.24, 2.45) is 0 Å². The maximum Gasteiger partial charge on any atom is 0.162 e. The van der Waals surface area contributed by atoms with Crippen LogP contribution in [-0.4, -0.2) is 8.11 Å². The summed E-state index contributed by atoms with van der Waals surface area (Å²) < 4.78 is 0. The second-order valence-electron chi connectivity index (χ2n) is 1.50. The van der Waals surface area contributed by atoms with E-state index in [1.54, 1.807) is 0 Å². The van der Waals surface area contributed by atoms with Crippen LogP contribution in [-0.2, 0) is 0 Å². The van der Waals surface area contributed by atoms with Crippen LogP contribution in [0.2, 0.25) is 12.6 Å². The molecule has 7 heavy (non-hydrogen) atoms. The molecule has 0 aromatic carbocycles. The van der Waals surface area contributed by atoms with Gasteiger partial charge in [-0.05, 0) is 12.5 Å². The highest BCUT2D eigenvalue weighted by Gasteiger charge is 1.94. The predicted octanol–water partition coefficient (Wildman–Crippen LogP) is 2.42. The summed E-state index contributed by atoms with van der Waals surface area (Å²) in [5.41, 5.74) is 0. The van der Waals surface area contributed by atoms with E-state index < -0.39 is 8.11 Å². The van der Waals surface area contributed by atoms with Crippen LogP contribution in [0.3, 0.4) is 0 Å². The third-order valence-corrected chi connectivity index (χ3v) is 2.24. The summed E-state index contributed by atoms with van der Waals surface area (Å²) in [6.45, 7) is 5.68. The Bertz CT molecular complexity index is 52.0. The normalized spacial score (nSPS) is 9.57. The summed E-state index contributed by atoms with van der Waals surface area (Å²) in [6.07, 6.45) is 2.99. The van der Waals surface area contributed by atoms with Crippen molar-refractivity contribution in [1.82, 2.24) is 0 Å². The molecule has 0 aliphatic heterocycles. The summed E-state index contributed by atoms with van der Waals surface area (Å²) in [4.78, 5) is 0. The molecule has 41 valence electrons. The van der Waals surface area contributed by atoms with Crippen LogP contribution in [0.25, 0.3) is 0 Å². The van der Waals surface area contributed by atoms with Gasteiger partial charge in [-0.1, -0.05) is 12.6 Å². The fourth-order valence-electron chi connectivity index (χ4n) is 0.301. The van der Waals surface area contributed by atoms with Gasteiger partial charge in [0.25, 0.3) is 0 Å². The van der Waals surface area contributed by atoms with E-state index in [1.165, 1.54) is 0 Å². The van der Waals surface area contributed by atoms with Crippen molar-refractivity contribution in [3.63, 3.8) is 0 Å². The zero-order valence-corrected chi connectivity index (χ0v) is 6.33. The van der Waals surface area contributed by atoms with Gasteiger partial charge in [-0.3, -0.25) is 0 Å². The molecule has 1 radical (unpaired) electrons. The third kappa shape index (κ3) is 6.25. The Kier molecular flexibility index (Phi) is 4.56. The maximum absolute atomic E-state index is 5.71. The smallest absolute Gasteiger partial charge is 0.162 e. The molecule has 0 unspecified atom stereocenters. The van der Waals surface area contributed by atoms with Crippen LogP contribution in [0.15, 0.2) is 12.7 Å². The van der Waals surface area contributed by atoms with Crippen molar-refractivity contribution in [1.29, 1.82) is 0 Å². The summed E-state index contributed by atoms with van der Waals surface area (Å²) in [6, 6.07) is 1.15. The minimum absolute atomic E-state index is 0.496. The summed E-state index contributed by atoms with van der Waals surface area (Å²) in [5, 5.41) is 0. The van der Waals surface area contributed by atoms with E-state index in [0.29, 0.717) is 0 Å². The molecular weight excluding hydrogens is 124 g/mol. The quantitative estimate of drug-likeness (QED) is 0.315. The van der Waals surface area contributed by atoms with E-state index >= 15 is 0 Å². The Labute approximate surface area is 51.5 Å². The van der Waals surface area contributed by atoms with Gasteiger partial charge in [0, 0.05) is 0 Å². The van der Waals surface area contributed by atoms with Gasteiger partial charge in [-0.15, -0.1) is 6.58 Å². The van der Waals surface area contributed by atoms with Crippen LogP contribution in [0, 0.1) is 0 Å². The van der Waals surface area contributed by atoms with E-state index in [4.69, 9.17) is 11.1 Å². The van der Waals surface area contributed by atoms with Crippen molar-refractivity contribution in [3.05, 3.63) is 12.7 Å². The van der Waals surface area contributed by atoms with Gasteiger partial charge in [0.15, 0.2) is 8.11 Å². The average molecular weight is 134 g/mol. The van der Waals surface area contributed by atoms with Crippen LogP contribution in [0.5, 0.6) is 0 Å². The molecule has 0 spiro atoms. The van der Waals surface area contributed by atoms with E-state index in [2.05, 4.69) is 13.1 Å². The van der Waals surface area contributed by atoms with E-state index in [1.807, 2.05) is 6.08 Å². The van der Waals surface area contributed by atoms with Crippen molar-refractivity contribution < 1.29 is 0 Å². The molecule has 0 aliphatic carbocycles. The first kappa shape index (κ1) is 7.25. The largest absolute Gasteiger partial charge is 0.169 e. The van der Waals surface area contributed by atoms with Gasteiger partial charge in [0.05, 0.1) is 0 Å². The third-order valence-electron chi connectivity index (χ3n) is 0.693. The number of rotatable bonds is 3. The van der Waals surface area contributed by atoms with Gasteiger partial charge >= 0.3 is 0 Å². The lowest BCUT2D eigenvalue weighted by atomic mass is 10.5. The van der Waals surface area contributed by atoms with Crippen molar-refractivity contribution in [3.8, 4) is 0 Å². The first-order chi connectivity index (χ1) is 3.27. The summed E-state index contributed by atoms with van der Waals surface area (Å²) in [7, 11) is -0.496. The second-order valence-corrected chi connectivity index (χ2v) is 5.29. The first-order valence-corrected chi connectivity index (χ1v) is 5.58. The molecule has 0 amide bonds. The van der Waals surface area contributed by atoms with Crippen LogP contribution in [0.1, 0.15) is 6.42 Å². The molecule has 0 saturated heterocycles. The van der Waals surface area contributed by atoms with E-state index in [-0.39, 0.29) is 0 Å². The Morgan fingerprint density at radius 1 is 1.86 bits per heavy atom. The SMILES string of the molecule is C=CCC[Si](C)Cl. The number of hydrogen-bond acceptors (Lipinski definition) is 0. The molecule has 0 aromatic rings. The minimum Gasteiger partial charge on any atom is -0.169 e. The number of halogens is 1. The molecule has 0 N–H and O–H groups in total. The summed E-state index contributed by atoms with van der Waals surface area (Å²) >= 11 is 5.71. The molecular formula is C5H10ClSi. The average Bonchev–Trinajstić information content (AvgIpc) is 1.61. The van der Waals surface area contributed by atoms with E-state index in [9.17, 15) is 0 Å². The zero-order valence-electron chi connectivity index (χ0n) is 4.58. The van der Waals surface area contributed by atoms with Crippen molar-refractivity contribution >= 4 is 19.2 Å². The van der Waals surface area contributed by atoms with Gasteiger partial charge < -0.3 is 0 Å². The van der Waals surface area contributed by atoms with Crippen LogP contribution in [0.4, 0.5) is 0 Å². The Morgan fingerprint density at radius 3 is 2.57 bits per heavy atom. The predicted molar refractivity (Wildman–Crippen MR) is 37.1 cm³/mol. The topological polar surface area (TPSA) is 0 Å². The zero-order chi connectivity index (χ0) is 5.70. The monoisotopic (exact) mass is 133 g/mol. The molecule has 0 heterocycles. The lowest BCUT2D eigenvalue weighted by molar-refractivity contribution is 1.20. The maximum atomic E-state index is 5.71. The molecule has 0 nitrogen and oxygen atoms in total. The lowest BCUT2D eigenvalue weighted by Gasteiger charge is -1.91. The highest BCUT2D eigenvalue weighted by Crippen LogP contribution is 2.00. The lowest BCUT2D eigenvalue weighted by Crippen LogP contribution is -1.91. The van der Waals surface area contributed by atoms with Crippen LogP contribution >= 0.6 is 11.1 Å². The molecule has 0 saturated carbocycles. The number of hydrogen-bond donors (Lipinski definition) is 0. The summed E-state index contributed by atoms with van der Waals surface area (Å²) in [5.74, 6) is 0. The molecule has 0 rings (SSSR count). The highest BCUT2D eigenvalue weighted by molar-refractivity contribution is 7.06. The second kappa shape index (κ2) is 4.41. The Hall–Kier alpha value is 0.247. The molecule has 0 fully saturated rings. The van der Waals surface area contributed by atoms with E-state index in [0.717, 1.165) is 12.5 Å². The number of allylic oxidation sites excluding steroid dienone is 1. The van der Waals surface area contributed by atoms with Crippen LogP contribution < -0.4 is 0 Å². The minimum atomic E-state index is -0.496. The molecule has 0 atom stereocenters. The molecule has 0 aliphatic rings. The fourth-order valence-corrected chi connectivity index (χ4v) is 1.23. The molecule has 2 heteroatoms. The molecule has 0 bridgehead atoms. The van der Waals surface area contributed by atoms with Crippen molar-refractivity contribution in [2.45, 2.75) is 19.0 Å².